The van der Waals surface area contributed by atoms with Gasteiger partial charge in [0.25, 0.3) is 0 Å². The van der Waals surface area contributed by atoms with Crippen LogP contribution in [0.4, 0.5) is 0 Å². The number of hydrogen-bond donors (Lipinski definition) is 0. The first-order valence-corrected chi connectivity index (χ1v) is 10.6. The van der Waals surface area contributed by atoms with Gasteiger partial charge in [-0.15, -0.1) is 0 Å². The predicted octanol–water partition coefficient (Wildman–Crippen LogP) is 4.02. The Morgan fingerprint density at radius 1 is 1.14 bits per heavy atom. The van der Waals surface area contributed by atoms with Gasteiger partial charge in [0.1, 0.15) is 6.10 Å². The van der Waals surface area contributed by atoms with E-state index in [4.69, 9.17) is 21.1 Å². The monoisotopic (exact) mass is 415 g/mol. The molecule has 2 fully saturated rings. The summed E-state index contributed by atoms with van der Waals surface area (Å²) in [6, 6.07) is 7.78. The van der Waals surface area contributed by atoms with Crippen molar-refractivity contribution < 1.29 is 14.3 Å². The number of rotatable bonds is 5. The molecule has 1 atom stereocenters. The molecule has 1 saturated heterocycles. The summed E-state index contributed by atoms with van der Waals surface area (Å²) in [4.78, 5) is 24.0. The van der Waals surface area contributed by atoms with Crippen LogP contribution in [0.25, 0.3) is 0 Å². The fourth-order valence-corrected chi connectivity index (χ4v) is 4.68. The van der Waals surface area contributed by atoms with Crippen molar-refractivity contribution in [3.05, 3.63) is 47.2 Å². The molecule has 6 nitrogen and oxygen atoms in total. The third kappa shape index (κ3) is 4.17. The second kappa shape index (κ2) is 8.57. The predicted molar refractivity (Wildman–Crippen MR) is 110 cm³/mol. The van der Waals surface area contributed by atoms with Crippen molar-refractivity contribution in [3.63, 3.8) is 0 Å². The topological polar surface area (TPSA) is 64.6 Å². The Morgan fingerprint density at radius 2 is 1.86 bits per heavy atom. The second-order valence-electron chi connectivity index (χ2n) is 7.83. The number of ether oxygens (including phenoxy) is 2. The molecule has 1 aromatic heterocycles. The molecule has 7 heteroatoms. The van der Waals surface area contributed by atoms with Gasteiger partial charge < -0.3 is 14.4 Å². The summed E-state index contributed by atoms with van der Waals surface area (Å²) < 4.78 is 11.1. The number of hydrogen-bond acceptors (Lipinski definition) is 5. The van der Waals surface area contributed by atoms with Crippen LogP contribution >= 0.6 is 11.6 Å². The standard InChI is InChI=1S/C22H26ClN3O3/c1-28-19-13-24-14-20(25-19)29-18-5-4-12-26(15-18)21(27)22(10-2-3-11-22)16-6-8-17(23)9-7-16/h6-9,13-14,18H,2-5,10-12,15H2,1H3. The number of amides is 1. The van der Waals surface area contributed by atoms with Crippen LogP contribution in [0, 0.1) is 0 Å². The normalized spacial score (nSPS) is 21.0. The highest BCUT2D eigenvalue weighted by molar-refractivity contribution is 6.30. The lowest BCUT2D eigenvalue weighted by atomic mass is 9.77. The van der Waals surface area contributed by atoms with E-state index < -0.39 is 5.41 Å². The Morgan fingerprint density at radius 3 is 2.59 bits per heavy atom. The summed E-state index contributed by atoms with van der Waals surface area (Å²) in [6.07, 6.45) is 8.73. The van der Waals surface area contributed by atoms with Crippen LogP contribution in [0.2, 0.25) is 5.02 Å². The van der Waals surface area contributed by atoms with E-state index in [0.717, 1.165) is 50.6 Å². The lowest BCUT2D eigenvalue weighted by Crippen LogP contribution is -2.51. The highest BCUT2D eigenvalue weighted by Crippen LogP contribution is 2.43. The van der Waals surface area contributed by atoms with E-state index >= 15 is 0 Å². The Balaban J connectivity index is 1.50. The Bertz CT molecular complexity index is 853. The Hall–Kier alpha value is -2.34. The number of carbonyl (C=O) groups excluding carboxylic acids is 1. The average molecular weight is 416 g/mol. The molecule has 0 bridgehead atoms. The Labute approximate surface area is 176 Å². The van der Waals surface area contributed by atoms with Crippen molar-refractivity contribution in [1.29, 1.82) is 0 Å². The van der Waals surface area contributed by atoms with E-state index in [-0.39, 0.29) is 12.0 Å². The highest BCUT2D eigenvalue weighted by Gasteiger charge is 2.45. The molecule has 1 unspecified atom stereocenters. The SMILES string of the molecule is COc1cncc(OC2CCCN(C(=O)C3(c4ccc(Cl)cc4)CCCC3)C2)n1. The molecule has 4 rings (SSSR count). The van der Waals surface area contributed by atoms with E-state index in [9.17, 15) is 4.79 Å². The van der Waals surface area contributed by atoms with E-state index in [0.29, 0.717) is 23.3 Å². The fourth-order valence-electron chi connectivity index (χ4n) is 4.55. The number of benzene rings is 1. The molecule has 154 valence electrons. The molecule has 0 N–H and O–H groups in total. The summed E-state index contributed by atoms with van der Waals surface area (Å²) in [5.41, 5.74) is 0.633. The zero-order valence-corrected chi connectivity index (χ0v) is 17.4. The molecular formula is C22H26ClN3O3. The van der Waals surface area contributed by atoms with Gasteiger partial charge in [-0.3, -0.25) is 9.78 Å². The number of halogens is 1. The van der Waals surface area contributed by atoms with Crippen LogP contribution in [0.1, 0.15) is 44.1 Å². The smallest absolute Gasteiger partial charge is 0.235 e. The molecule has 0 spiro atoms. The quantitative estimate of drug-likeness (QED) is 0.737. The maximum Gasteiger partial charge on any atom is 0.235 e. The summed E-state index contributed by atoms with van der Waals surface area (Å²) in [6.45, 7) is 1.32. The van der Waals surface area contributed by atoms with Crippen molar-refractivity contribution in [3.8, 4) is 11.8 Å². The molecule has 1 saturated carbocycles. The van der Waals surface area contributed by atoms with Gasteiger partial charge in [0.15, 0.2) is 0 Å². The van der Waals surface area contributed by atoms with Gasteiger partial charge in [-0.1, -0.05) is 36.6 Å². The van der Waals surface area contributed by atoms with Crippen LogP contribution < -0.4 is 9.47 Å². The summed E-state index contributed by atoms with van der Waals surface area (Å²) in [5, 5.41) is 0.695. The van der Waals surface area contributed by atoms with E-state index in [1.54, 1.807) is 19.5 Å². The molecule has 1 aromatic carbocycles. The van der Waals surface area contributed by atoms with Gasteiger partial charge in [-0.05, 0) is 43.4 Å². The van der Waals surface area contributed by atoms with Gasteiger partial charge in [-0.2, -0.15) is 4.98 Å². The third-order valence-corrected chi connectivity index (χ3v) is 6.27. The second-order valence-corrected chi connectivity index (χ2v) is 8.27. The average Bonchev–Trinajstić information content (AvgIpc) is 3.25. The largest absolute Gasteiger partial charge is 0.480 e. The minimum absolute atomic E-state index is 0.0993. The first-order valence-electron chi connectivity index (χ1n) is 10.2. The van der Waals surface area contributed by atoms with Crippen molar-refractivity contribution in [2.75, 3.05) is 20.2 Å². The zero-order chi connectivity index (χ0) is 20.3. The van der Waals surface area contributed by atoms with Crippen LogP contribution in [0.3, 0.4) is 0 Å². The number of aromatic nitrogens is 2. The van der Waals surface area contributed by atoms with Crippen molar-refractivity contribution in [1.82, 2.24) is 14.9 Å². The maximum absolute atomic E-state index is 13.7. The van der Waals surface area contributed by atoms with Crippen LogP contribution in [-0.4, -0.2) is 47.1 Å². The zero-order valence-electron chi connectivity index (χ0n) is 16.6. The first kappa shape index (κ1) is 20.0. The van der Waals surface area contributed by atoms with Gasteiger partial charge >= 0.3 is 0 Å². The van der Waals surface area contributed by atoms with E-state index in [1.165, 1.54) is 0 Å². The van der Waals surface area contributed by atoms with Crippen LogP contribution in [0.15, 0.2) is 36.7 Å². The molecule has 2 aromatic rings. The maximum atomic E-state index is 13.7. The van der Waals surface area contributed by atoms with Crippen molar-refractivity contribution in [2.45, 2.75) is 50.0 Å². The lowest BCUT2D eigenvalue weighted by Gasteiger charge is -2.39. The van der Waals surface area contributed by atoms with Crippen LogP contribution in [-0.2, 0) is 10.2 Å². The molecule has 1 amide bonds. The molecule has 2 aliphatic rings. The number of nitrogens with zero attached hydrogens (tertiary/aromatic N) is 3. The molecule has 2 heterocycles. The van der Waals surface area contributed by atoms with Gasteiger partial charge in [0.05, 0.1) is 31.5 Å². The summed E-state index contributed by atoms with van der Waals surface area (Å²) in [5.74, 6) is 1.05. The summed E-state index contributed by atoms with van der Waals surface area (Å²) in [7, 11) is 1.55. The minimum atomic E-state index is -0.442. The highest BCUT2D eigenvalue weighted by atomic mass is 35.5. The van der Waals surface area contributed by atoms with Crippen molar-refractivity contribution >= 4 is 17.5 Å². The lowest BCUT2D eigenvalue weighted by molar-refractivity contribution is -0.140. The van der Waals surface area contributed by atoms with Gasteiger partial charge in [0, 0.05) is 11.6 Å². The number of methoxy groups -OCH3 is 1. The third-order valence-electron chi connectivity index (χ3n) is 6.02. The van der Waals surface area contributed by atoms with Gasteiger partial charge in [0.2, 0.25) is 17.7 Å². The van der Waals surface area contributed by atoms with E-state index in [2.05, 4.69) is 9.97 Å². The Kier molecular flexibility index (Phi) is 5.90. The first-order chi connectivity index (χ1) is 14.1. The number of piperidine rings is 1. The minimum Gasteiger partial charge on any atom is -0.480 e. The summed E-state index contributed by atoms with van der Waals surface area (Å²) >= 11 is 6.08. The van der Waals surface area contributed by atoms with Crippen LogP contribution in [0.5, 0.6) is 11.8 Å². The van der Waals surface area contributed by atoms with Crippen molar-refractivity contribution in [2.24, 2.45) is 0 Å². The number of likely N-dealkylation sites (tertiary alicyclic amines) is 1. The van der Waals surface area contributed by atoms with Gasteiger partial charge in [-0.25, -0.2) is 0 Å². The molecule has 1 aliphatic heterocycles. The molecule has 29 heavy (non-hydrogen) atoms. The molecule has 1 aliphatic carbocycles. The molecule has 0 radical (unpaired) electrons. The molecular weight excluding hydrogens is 390 g/mol. The number of carbonyl (C=O) groups is 1. The van der Waals surface area contributed by atoms with E-state index in [1.807, 2.05) is 29.2 Å². The fraction of sp³-hybridized carbons (Fsp3) is 0.500.